The van der Waals surface area contributed by atoms with E-state index in [0.29, 0.717) is 23.3 Å². The van der Waals surface area contributed by atoms with Gasteiger partial charge in [0.05, 0.1) is 5.56 Å². The number of alkyl halides is 3. The minimum Gasteiger partial charge on any atom is -0.370 e. The third-order valence-corrected chi connectivity index (χ3v) is 4.29. The third kappa shape index (κ3) is 3.44. The molecule has 0 unspecified atom stereocenters. The van der Waals surface area contributed by atoms with Crippen molar-refractivity contribution in [2.75, 3.05) is 13.1 Å². The van der Waals surface area contributed by atoms with E-state index < -0.39 is 11.7 Å². The Kier molecular flexibility index (Phi) is 4.33. The standard InChI is InChI=1S/C15H19F3N6/c1-10-4-6-23(7-5-10)14(19)20-8-13-22-21-12-3-2-11(9-24(12)13)15(16,17)18/h2-3,9-10H,4-8H2,1H3,(H2,19,20). The summed E-state index contributed by atoms with van der Waals surface area (Å²) in [5.41, 5.74) is 5.59. The lowest BCUT2D eigenvalue weighted by molar-refractivity contribution is -0.137. The van der Waals surface area contributed by atoms with Crippen LogP contribution in [0.25, 0.3) is 5.65 Å². The van der Waals surface area contributed by atoms with Gasteiger partial charge in [-0.05, 0) is 30.9 Å². The van der Waals surface area contributed by atoms with Gasteiger partial charge in [0.15, 0.2) is 17.4 Å². The number of nitrogens with zero attached hydrogens (tertiary/aromatic N) is 5. The Labute approximate surface area is 137 Å². The minimum absolute atomic E-state index is 0.0837. The number of guanidine groups is 1. The molecule has 0 aliphatic carbocycles. The molecule has 9 heteroatoms. The molecular weight excluding hydrogens is 321 g/mol. The molecule has 2 aromatic rings. The van der Waals surface area contributed by atoms with Gasteiger partial charge in [0.25, 0.3) is 0 Å². The Balaban J connectivity index is 1.78. The summed E-state index contributed by atoms with van der Waals surface area (Å²) in [6.45, 7) is 3.97. The maximum atomic E-state index is 12.8. The van der Waals surface area contributed by atoms with Crippen LogP contribution < -0.4 is 5.73 Å². The van der Waals surface area contributed by atoms with Crippen LogP contribution in [0, 0.1) is 5.92 Å². The lowest BCUT2D eigenvalue weighted by Crippen LogP contribution is -2.42. The van der Waals surface area contributed by atoms with Crippen LogP contribution in [-0.4, -0.2) is 38.5 Å². The predicted octanol–water partition coefficient (Wildman–Crippen LogP) is 2.29. The van der Waals surface area contributed by atoms with Gasteiger partial charge in [-0.1, -0.05) is 6.92 Å². The summed E-state index contributed by atoms with van der Waals surface area (Å²) in [7, 11) is 0. The average Bonchev–Trinajstić information content (AvgIpc) is 2.95. The third-order valence-electron chi connectivity index (χ3n) is 4.29. The SMILES string of the molecule is CC1CCN(C(N)=NCc2nnc3ccc(C(F)(F)F)cn23)CC1. The Morgan fingerprint density at radius 3 is 2.67 bits per heavy atom. The quantitative estimate of drug-likeness (QED) is 0.673. The highest BCUT2D eigenvalue weighted by Gasteiger charge is 2.31. The van der Waals surface area contributed by atoms with Gasteiger partial charge >= 0.3 is 6.18 Å². The minimum atomic E-state index is -4.41. The van der Waals surface area contributed by atoms with Crippen molar-refractivity contribution in [3.05, 3.63) is 29.7 Å². The lowest BCUT2D eigenvalue weighted by Gasteiger charge is -2.30. The molecule has 0 saturated carbocycles. The van der Waals surface area contributed by atoms with Crippen LogP contribution in [0.4, 0.5) is 13.2 Å². The molecule has 1 fully saturated rings. The molecule has 1 aliphatic rings. The number of nitrogens with two attached hydrogens (primary N) is 1. The van der Waals surface area contributed by atoms with Gasteiger partial charge in [-0.3, -0.25) is 4.40 Å². The van der Waals surface area contributed by atoms with Gasteiger partial charge in [-0.15, -0.1) is 10.2 Å². The molecule has 0 aromatic carbocycles. The van der Waals surface area contributed by atoms with E-state index in [0.717, 1.165) is 38.2 Å². The van der Waals surface area contributed by atoms with Crippen molar-refractivity contribution in [1.82, 2.24) is 19.5 Å². The smallest absolute Gasteiger partial charge is 0.370 e. The fourth-order valence-electron chi connectivity index (χ4n) is 2.70. The van der Waals surface area contributed by atoms with Crippen molar-refractivity contribution in [2.24, 2.45) is 16.6 Å². The first-order chi connectivity index (χ1) is 11.3. The van der Waals surface area contributed by atoms with E-state index in [1.165, 1.54) is 10.5 Å². The van der Waals surface area contributed by atoms with Gasteiger partial charge in [-0.2, -0.15) is 13.2 Å². The molecule has 24 heavy (non-hydrogen) atoms. The first kappa shape index (κ1) is 16.5. The second-order valence-electron chi connectivity index (χ2n) is 6.10. The van der Waals surface area contributed by atoms with Crippen LogP contribution in [0.3, 0.4) is 0 Å². The van der Waals surface area contributed by atoms with E-state index in [1.54, 1.807) is 0 Å². The molecule has 130 valence electrons. The highest BCUT2D eigenvalue weighted by Crippen LogP contribution is 2.29. The Morgan fingerprint density at radius 2 is 2.00 bits per heavy atom. The zero-order valence-electron chi connectivity index (χ0n) is 13.3. The monoisotopic (exact) mass is 340 g/mol. The van der Waals surface area contributed by atoms with Gasteiger partial charge < -0.3 is 10.6 Å². The number of piperidine rings is 1. The molecule has 2 aromatic heterocycles. The van der Waals surface area contributed by atoms with Gasteiger partial charge in [0.1, 0.15) is 6.54 Å². The zero-order chi connectivity index (χ0) is 17.3. The van der Waals surface area contributed by atoms with Crippen molar-refractivity contribution in [3.63, 3.8) is 0 Å². The topological polar surface area (TPSA) is 71.8 Å². The van der Waals surface area contributed by atoms with Crippen molar-refractivity contribution >= 4 is 11.6 Å². The van der Waals surface area contributed by atoms with Crippen LogP contribution in [0.1, 0.15) is 31.2 Å². The molecule has 6 nitrogen and oxygen atoms in total. The second kappa shape index (κ2) is 6.29. The van der Waals surface area contributed by atoms with Crippen LogP contribution in [0.5, 0.6) is 0 Å². The van der Waals surface area contributed by atoms with E-state index in [9.17, 15) is 13.2 Å². The normalized spacial score (nSPS) is 17.7. The molecule has 3 rings (SSSR count). The first-order valence-corrected chi connectivity index (χ1v) is 7.80. The molecule has 0 atom stereocenters. The highest BCUT2D eigenvalue weighted by atomic mass is 19.4. The van der Waals surface area contributed by atoms with Gasteiger partial charge in [0.2, 0.25) is 0 Å². The zero-order valence-corrected chi connectivity index (χ0v) is 13.3. The number of aromatic nitrogens is 3. The van der Waals surface area contributed by atoms with Crippen LogP contribution in [0.2, 0.25) is 0 Å². The first-order valence-electron chi connectivity index (χ1n) is 7.80. The molecular formula is C15H19F3N6. The van der Waals surface area contributed by atoms with Crippen molar-refractivity contribution in [1.29, 1.82) is 0 Å². The maximum Gasteiger partial charge on any atom is 0.417 e. The Bertz CT molecular complexity index is 743. The Morgan fingerprint density at radius 1 is 1.29 bits per heavy atom. The number of hydrogen-bond acceptors (Lipinski definition) is 3. The molecule has 1 aliphatic heterocycles. The summed E-state index contributed by atoms with van der Waals surface area (Å²) in [4.78, 5) is 6.26. The van der Waals surface area contributed by atoms with E-state index in [-0.39, 0.29) is 6.54 Å². The molecule has 1 saturated heterocycles. The molecule has 3 heterocycles. The summed E-state index contributed by atoms with van der Waals surface area (Å²) in [6.07, 6.45) is -1.32. The molecule has 2 N–H and O–H groups in total. The average molecular weight is 340 g/mol. The number of aliphatic imine (C=N–C) groups is 1. The molecule has 0 bridgehead atoms. The fraction of sp³-hybridized carbons (Fsp3) is 0.533. The van der Waals surface area contributed by atoms with Crippen LogP contribution in [-0.2, 0) is 12.7 Å². The number of pyridine rings is 1. The predicted molar refractivity (Wildman–Crippen MR) is 83.3 cm³/mol. The highest BCUT2D eigenvalue weighted by molar-refractivity contribution is 5.78. The van der Waals surface area contributed by atoms with Gasteiger partial charge in [0, 0.05) is 19.3 Å². The van der Waals surface area contributed by atoms with E-state index in [2.05, 4.69) is 22.1 Å². The maximum absolute atomic E-state index is 12.8. The second-order valence-corrected chi connectivity index (χ2v) is 6.10. The summed E-state index contributed by atoms with van der Waals surface area (Å²) < 4.78 is 39.8. The molecule has 0 spiro atoms. The van der Waals surface area contributed by atoms with Crippen molar-refractivity contribution < 1.29 is 13.2 Å². The van der Waals surface area contributed by atoms with Crippen molar-refractivity contribution in [2.45, 2.75) is 32.5 Å². The van der Waals surface area contributed by atoms with Gasteiger partial charge in [-0.25, -0.2) is 4.99 Å². The van der Waals surface area contributed by atoms with E-state index in [1.807, 2.05) is 4.90 Å². The fourth-order valence-corrected chi connectivity index (χ4v) is 2.70. The number of halogens is 3. The number of fused-ring (bicyclic) bond motifs is 1. The summed E-state index contributed by atoms with van der Waals surface area (Å²) in [5, 5.41) is 7.78. The van der Waals surface area contributed by atoms with E-state index in [4.69, 9.17) is 5.73 Å². The lowest BCUT2D eigenvalue weighted by atomic mass is 10.00. The number of likely N-dealkylation sites (tertiary alicyclic amines) is 1. The van der Waals surface area contributed by atoms with Crippen LogP contribution in [0.15, 0.2) is 23.3 Å². The largest absolute Gasteiger partial charge is 0.417 e. The molecule has 0 amide bonds. The van der Waals surface area contributed by atoms with Crippen molar-refractivity contribution in [3.8, 4) is 0 Å². The summed E-state index contributed by atoms with van der Waals surface area (Å²) in [6, 6.07) is 2.28. The summed E-state index contributed by atoms with van der Waals surface area (Å²) in [5.74, 6) is 1.39. The van der Waals surface area contributed by atoms with Crippen LogP contribution >= 0.6 is 0 Å². The number of rotatable bonds is 2. The summed E-state index contributed by atoms with van der Waals surface area (Å²) >= 11 is 0. The molecule has 0 radical (unpaired) electrons. The van der Waals surface area contributed by atoms with E-state index >= 15 is 0 Å². The Hall–Kier alpha value is -2.32. The number of hydrogen-bond donors (Lipinski definition) is 1.